The van der Waals surface area contributed by atoms with Crippen molar-refractivity contribution in [3.05, 3.63) is 77.5 Å². The molecule has 1 aliphatic carbocycles. The normalized spacial score (nSPS) is 12.5. The lowest BCUT2D eigenvalue weighted by Gasteiger charge is -2.09. The minimum atomic E-state index is -3.83. The number of hydrogen-bond acceptors (Lipinski definition) is 4. The summed E-state index contributed by atoms with van der Waals surface area (Å²) in [5.41, 5.74) is 5.16. The van der Waals surface area contributed by atoms with Gasteiger partial charge in [0.1, 0.15) is 10.6 Å². The molecule has 0 aliphatic heterocycles. The topological polar surface area (TPSA) is 56.3 Å². The quantitative estimate of drug-likeness (QED) is 0.535. The van der Waals surface area contributed by atoms with Gasteiger partial charge in [0.2, 0.25) is 0 Å². The molecule has 0 spiro atoms. The lowest BCUT2D eigenvalue weighted by molar-refractivity contribution is 0.486. The molecule has 1 aromatic heterocycles. The van der Waals surface area contributed by atoms with E-state index in [9.17, 15) is 8.42 Å². The zero-order chi connectivity index (χ0) is 16.7. The highest BCUT2D eigenvalue weighted by Crippen LogP contribution is 2.37. The fourth-order valence-corrected chi connectivity index (χ4v) is 3.83. The van der Waals surface area contributed by atoms with Gasteiger partial charge < -0.3 is 4.18 Å². The van der Waals surface area contributed by atoms with Crippen molar-refractivity contribution in [2.24, 2.45) is 0 Å². The minimum Gasteiger partial charge on any atom is -0.379 e. The molecule has 4 nitrogen and oxygen atoms in total. The number of benzene rings is 2. The molecule has 0 saturated heterocycles. The van der Waals surface area contributed by atoms with Gasteiger partial charge in [-0.25, -0.2) is 0 Å². The van der Waals surface area contributed by atoms with Crippen molar-refractivity contribution in [3.63, 3.8) is 0 Å². The number of nitrogens with zero attached hydrogens (tertiary/aromatic N) is 1. The van der Waals surface area contributed by atoms with Gasteiger partial charge in [-0.3, -0.25) is 4.98 Å². The Kier molecular flexibility index (Phi) is 3.39. The van der Waals surface area contributed by atoms with Crippen LogP contribution in [0.5, 0.6) is 5.75 Å². The van der Waals surface area contributed by atoms with Crippen molar-refractivity contribution >= 4 is 10.1 Å². The average Bonchev–Trinajstić information content (AvgIpc) is 2.92. The Morgan fingerprint density at radius 1 is 1.00 bits per heavy atom. The lowest BCUT2D eigenvalue weighted by Crippen LogP contribution is -2.09. The van der Waals surface area contributed by atoms with Crippen molar-refractivity contribution in [1.82, 2.24) is 4.98 Å². The van der Waals surface area contributed by atoms with Gasteiger partial charge in [0, 0.05) is 18.2 Å². The molecule has 0 bridgehead atoms. The fourth-order valence-electron chi connectivity index (χ4n) is 2.91. The first kappa shape index (κ1) is 14.9. The van der Waals surface area contributed by atoms with Crippen molar-refractivity contribution in [2.75, 3.05) is 0 Å². The van der Waals surface area contributed by atoms with Crippen LogP contribution in [0.2, 0.25) is 0 Å². The Balaban J connectivity index is 1.65. The molecule has 0 amide bonds. The summed E-state index contributed by atoms with van der Waals surface area (Å²) in [5.74, 6) is 0.321. The zero-order valence-electron chi connectivity index (χ0n) is 13.1. The Bertz CT molecular complexity index is 1020. The molecule has 0 unspecified atom stereocenters. The molecule has 1 aliphatic rings. The van der Waals surface area contributed by atoms with Crippen LogP contribution >= 0.6 is 0 Å². The van der Waals surface area contributed by atoms with Crippen molar-refractivity contribution in [1.29, 1.82) is 0 Å². The maximum absolute atomic E-state index is 12.4. The molecule has 0 saturated carbocycles. The standard InChI is InChI=1S/C19H15NO3S/c1-13-4-7-17(8-5-13)24(21,22)23-16-6-9-18-15(12-16)11-14-3-2-10-20-19(14)18/h2-10,12H,11H2,1H3. The van der Waals surface area contributed by atoms with Crippen molar-refractivity contribution < 1.29 is 12.6 Å². The summed E-state index contributed by atoms with van der Waals surface area (Å²) in [5, 5.41) is 0. The van der Waals surface area contributed by atoms with E-state index in [0.717, 1.165) is 34.4 Å². The smallest absolute Gasteiger partial charge is 0.339 e. The first-order valence-electron chi connectivity index (χ1n) is 7.61. The lowest BCUT2D eigenvalue weighted by atomic mass is 10.1. The van der Waals surface area contributed by atoms with Gasteiger partial charge in [-0.2, -0.15) is 8.42 Å². The summed E-state index contributed by atoms with van der Waals surface area (Å²) in [7, 11) is -3.83. The predicted octanol–water partition coefficient (Wildman–Crippen LogP) is 3.73. The third-order valence-corrected chi connectivity index (χ3v) is 5.38. The highest BCUT2D eigenvalue weighted by molar-refractivity contribution is 7.87. The zero-order valence-corrected chi connectivity index (χ0v) is 13.9. The van der Waals surface area contributed by atoms with E-state index in [4.69, 9.17) is 4.18 Å². The van der Waals surface area contributed by atoms with Gasteiger partial charge in [-0.05, 0) is 54.4 Å². The van der Waals surface area contributed by atoms with E-state index in [1.807, 2.05) is 25.1 Å². The van der Waals surface area contributed by atoms with Gasteiger partial charge in [0.15, 0.2) is 0 Å². The third-order valence-electron chi connectivity index (χ3n) is 4.12. The summed E-state index contributed by atoms with van der Waals surface area (Å²) in [6.45, 7) is 1.91. The second kappa shape index (κ2) is 5.46. The molecule has 2 aromatic carbocycles. The van der Waals surface area contributed by atoms with Crippen LogP contribution in [0.4, 0.5) is 0 Å². The number of aromatic nitrogens is 1. The molecule has 120 valence electrons. The van der Waals surface area contributed by atoms with E-state index in [2.05, 4.69) is 4.98 Å². The van der Waals surface area contributed by atoms with Crippen LogP contribution in [0.25, 0.3) is 11.3 Å². The van der Waals surface area contributed by atoms with Crippen molar-refractivity contribution in [2.45, 2.75) is 18.2 Å². The van der Waals surface area contributed by atoms with Crippen LogP contribution in [0.1, 0.15) is 16.7 Å². The van der Waals surface area contributed by atoms with Gasteiger partial charge in [0.05, 0.1) is 5.69 Å². The summed E-state index contributed by atoms with van der Waals surface area (Å²) < 4.78 is 30.1. The maximum Gasteiger partial charge on any atom is 0.339 e. The first-order chi connectivity index (χ1) is 11.5. The van der Waals surface area contributed by atoms with Gasteiger partial charge in [-0.15, -0.1) is 0 Å². The number of hydrogen-bond donors (Lipinski definition) is 0. The third kappa shape index (κ3) is 2.57. The average molecular weight is 337 g/mol. The Morgan fingerprint density at radius 3 is 2.58 bits per heavy atom. The van der Waals surface area contributed by atoms with Crippen LogP contribution in [0.3, 0.4) is 0 Å². The SMILES string of the molecule is Cc1ccc(S(=O)(=O)Oc2ccc3c(c2)Cc2cccnc2-3)cc1. The van der Waals surface area contributed by atoms with Crippen LogP contribution in [0, 0.1) is 6.92 Å². The van der Waals surface area contributed by atoms with E-state index >= 15 is 0 Å². The molecular formula is C19H15NO3S. The van der Waals surface area contributed by atoms with Gasteiger partial charge in [-0.1, -0.05) is 23.8 Å². The molecule has 24 heavy (non-hydrogen) atoms. The summed E-state index contributed by atoms with van der Waals surface area (Å²) >= 11 is 0. The Labute approximate surface area is 140 Å². The maximum atomic E-state index is 12.4. The van der Waals surface area contributed by atoms with Gasteiger partial charge >= 0.3 is 10.1 Å². The van der Waals surface area contributed by atoms with E-state index < -0.39 is 10.1 Å². The minimum absolute atomic E-state index is 0.151. The molecular weight excluding hydrogens is 322 g/mol. The molecule has 4 rings (SSSR count). The Morgan fingerprint density at radius 2 is 1.79 bits per heavy atom. The molecule has 3 aromatic rings. The summed E-state index contributed by atoms with van der Waals surface area (Å²) in [6, 6.07) is 15.9. The van der Waals surface area contributed by atoms with E-state index in [-0.39, 0.29) is 4.90 Å². The number of fused-ring (bicyclic) bond motifs is 3. The van der Waals surface area contributed by atoms with E-state index in [1.165, 1.54) is 0 Å². The molecule has 0 N–H and O–H groups in total. The highest BCUT2D eigenvalue weighted by Gasteiger charge is 2.22. The molecule has 1 heterocycles. The highest BCUT2D eigenvalue weighted by atomic mass is 32.2. The van der Waals surface area contributed by atoms with Crippen LogP contribution < -0.4 is 4.18 Å². The van der Waals surface area contributed by atoms with Gasteiger partial charge in [0.25, 0.3) is 0 Å². The first-order valence-corrected chi connectivity index (χ1v) is 9.02. The van der Waals surface area contributed by atoms with Crippen LogP contribution in [0.15, 0.2) is 65.7 Å². The number of pyridine rings is 1. The predicted molar refractivity (Wildman–Crippen MR) is 91.5 cm³/mol. The van der Waals surface area contributed by atoms with E-state index in [1.54, 1.807) is 42.6 Å². The Hall–Kier alpha value is -2.66. The van der Waals surface area contributed by atoms with Crippen molar-refractivity contribution in [3.8, 4) is 17.0 Å². The molecule has 0 radical (unpaired) electrons. The van der Waals surface area contributed by atoms with E-state index in [0.29, 0.717) is 5.75 Å². The number of aryl methyl sites for hydroxylation is 1. The molecule has 0 atom stereocenters. The number of rotatable bonds is 3. The second-order valence-electron chi connectivity index (χ2n) is 5.86. The second-order valence-corrected chi connectivity index (χ2v) is 7.40. The summed E-state index contributed by atoms with van der Waals surface area (Å²) in [4.78, 5) is 4.55. The molecule has 0 fully saturated rings. The molecule has 5 heteroatoms. The largest absolute Gasteiger partial charge is 0.379 e. The summed E-state index contributed by atoms with van der Waals surface area (Å²) in [6.07, 6.45) is 2.50. The van der Waals surface area contributed by atoms with Crippen LogP contribution in [-0.2, 0) is 16.5 Å². The van der Waals surface area contributed by atoms with Crippen LogP contribution in [-0.4, -0.2) is 13.4 Å². The monoisotopic (exact) mass is 337 g/mol. The fraction of sp³-hybridized carbons (Fsp3) is 0.105.